The fourth-order valence-electron chi connectivity index (χ4n) is 1.59. The van der Waals surface area contributed by atoms with Crippen molar-refractivity contribution in [1.82, 2.24) is 24.5 Å². The van der Waals surface area contributed by atoms with Crippen molar-refractivity contribution in [3.8, 4) is 5.69 Å². The van der Waals surface area contributed by atoms with Gasteiger partial charge in [0.25, 0.3) is 0 Å². The first-order valence-electron chi connectivity index (χ1n) is 4.61. The summed E-state index contributed by atoms with van der Waals surface area (Å²) in [6.07, 6.45) is 9.08. The number of aromatic nitrogens is 5. The van der Waals surface area contributed by atoms with Gasteiger partial charge in [-0.05, 0) is 6.07 Å². The van der Waals surface area contributed by atoms with E-state index >= 15 is 0 Å². The second-order valence-corrected chi connectivity index (χ2v) is 3.36. The summed E-state index contributed by atoms with van der Waals surface area (Å²) in [6.45, 7) is 0. The zero-order valence-corrected chi connectivity index (χ0v) is 8.20. The quantitative estimate of drug-likeness (QED) is 0.590. The maximum Gasteiger partial charge on any atom is 0.103 e. The molecule has 5 heteroatoms. The number of aryl methyl sites for hydroxylation is 1. The van der Waals surface area contributed by atoms with Gasteiger partial charge in [0.15, 0.2) is 0 Å². The predicted molar refractivity (Wildman–Crippen MR) is 55.6 cm³/mol. The van der Waals surface area contributed by atoms with Crippen LogP contribution in [0.15, 0.2) is 37.1 Å². The van der Waals surface area contributed by atoms with Crippen molar-refractivity contribution in [1.29, 1.82) is 0 Å². The van der Waals surface area contributed by atoms with Gasteiger partial charge in [0.2, 0.25) is 0 Å². The summed E-state index contributed by atoms with van der Waals surface area (Å²) in [5.74, 6) is 0. The zero-order valence-electron chi connectivity index (χ0n) is 8.20. The highest BCUT2D eigenvalue weighted by atomic mass is 15.3. The molecule has 15 heavy (non-hydrogen) atoms. The molecule has 0 amide bonds. The minimum absolute atomic E-state index is 0.945. The molecule has 0 unspecified atom stereocenters. The van der Waals surface area contributed by atoms with E-state index < -0.39 is 0 Å². The summed E-state index contributed by atoms with van der Waals surface area (Å²) < 4.78 is 3.58. The highest BCUT2D eigenvalue weighted by Gasteiger charge is 2.05. The fourth-order valence-corrected chi connectivity index (χ4v) is 1.59. The summed E-state index contributed by atoms with van der Waals surface area (Å²) in [7, 11) is 1.88. The van der Waals surface area contributed by atoms with Crippen LogP contribution in [-0.2, 0) is 7.05 Å². The average molecular weight is 199 g/mol. The maximum atomic E-state index is 4.30. The van der Waals surface area contributed by atoms with E-state index in [2.05, 4.69) is 15.2 Å². The van der Waals surface area contributed by atoms with E-state index in [9.17, 15) is 0 Å². The topological polar surface area (TPSA) is 48.5 Å². The molecular formula is C10H9N5. The molecule has 0 fully saturated rings. The first-order chi connectivity index (χ1) is 7.34. The first kappa shape index (κ1) is 8.16. The molecule has 0 N–H and O–H groups in total. The van der Waals surface area contributed by atoms with Crippen molar-refractivity contribution in [2.45, 2.75) is 0 Å². The number of nitrogens with zero attached hydrogens (tertiary/aromatic N) is 5. The van der Waals surface area contributed by atoms with Gasteiger partial charge in [0.1, 0.15) is 5.69 Å². The largest absolute Gasteiger partial charge is 0.274 e. The first-order valence-corrected chi connectivity index (χ1v) is 4.61. The Kier molecular flexibility index (Phi) is 1.58. The fraction of sp³-hybridized carbons (Fsp3) is 0.100. The van der Waals surface area contributed by atoms with E-state index in [-0.39, 0.29) is 0 Å². The van der Waals surface area contributed by atoms with E-state index in [4.69, 9.17) is 0 Å². The monoisotopic (exact) mass is 199 g/mol. The third-order valence-corrected chi connectivity index (χ3v) is 2.31. The molecule has 3 aromatic rings. The molecule has 0 spiro atoms. The van der Waals surface area contributed by atoms with Gasteiger partial charge in [-0.2, -0.15) is 10.2 Å². The molecule has 0 bridgehead atoms. The van der Waals surface area contributed by atoms with Crippen LogP contribution in [0.3, 0.4) is 0 Å². The highest BCUT2D eigenvalue weighted by Crippen LogP contribution is 2.15. The lowest BCUT2D eigenvalue weighted by molar-refractivity contribution is 0.766. The van der Waals surface area contributed by atoms with Crippen molar-refractivity contribution in [3.05, 3.63) is 37.1 Å². The lowest BCUT2D eigenvalue weighted by Crippen LogP contribution is -1.94. The molecule has 0 radical (unpaired) electrons. The van der Waals surface area contributed by atoms with Gasteiger partial charge in [-0.1, -0.05) is 0 Å². The summed E-state index contributed by atoms with van der Waals surface area (Å²) in [4.78, 5) is 4.09. The van der Waals surface area contributed by atoms with Gasteiger partial charge in [-0.3, -0.25) is 9.67 Å². The molecule has 3 heterocycles. The molecule has 0 saturated carbocycles. The minimum atomic E-state index is 0.945. The molecule has 74 valence electrons. The summed E-state index contributed by atoms with van der Waals surface area (Å²) in [5, 5.41) is 9.49. The van der Waals surface area contributed by atoms with Crippen LogP contribution < -0.4 is 0 Å². The van der Waals surface area contributed by atoms with Crippen molar-refractivity contribution in [2.24, 2.45) is 7.05 Å². The molecule has 5 nitrogen and oxygen atoms in total. The van der Waals surface area contributed by atoms with Crippen molar-refractivity contribution in [3.63, 3.8) is 0 Å². The molecule has 0 aliphatic heterocycles. The van der Waals surface area contributed by atoms with E-state index in [0.717, 1.165) is 16.6 Å². The Hall–Kier alpha value is -2.17. The lowest BCUT2D eigenvalue weighted by Gasteiger charge is -1.97. The van der Waals surface area contributed by atoms with Gasteiger partial charge >= 0.3 is 0 Å². The second kappa shape index (κ2) is 2.91. The Morgan fingerprint density at radius 2 is 2.07 bits per heavy atom. The number of pyridine rings is 1. The molecule has 3 rings (SSSR count). The molecule has 0 aromatic carbocycles. The predicted octanol–water partition coefficient (Wildman–Crippen LogP) is 1.15. The standard InChI is InChI=1S/C10H9N5/c1-14-7-9(5-12-14)15-10-6-11-3-2-8(10)4-13-15/h2-7H,1H3. The molecular weight excluding hydrogens is 190 g/mol. The highest BCUT2D eigenvalue weighted by molar-refractivity contribution is 5.78. The van der Waals surface area contributed by atoms with Crippen molar-refractivity contribution in [2.75, 3.05) is 0 Å². The summed E-state index contributed by atoms with van der Waals surface area (Å²) >= 11 is 0. The third-order valence-electron chi connectivity index (χ3n) is 2.31. The number of hydrogen-bond acceptors (Lipinski definition) is 3. The Morgan fingerprint density at radius 3 is 2.87 bits per heavy atom. The Morgan fingerprint density at radius 1 is 1.13 bits per heavy atom. The third kappa shape index (κ3) is 1.20. The van der Waals surface area contributed by atoms with E-state index in [0.29, 0.717) is 0 Å². The van der Waals surface area contributed by atoms with Gasteiger partial charge < -0.3 is 0 Å². The average Bonchev–Trinajstić information content (AvgIpc) is 2.83. The second-order valence-electron chi connectivity index (χ2n) is 3.36. The van der Waals surface area contributed by atoms with Gasteiger partial charge in [-0.15, -0.1) is 0 Å². The van der Waals surface area contributed by atoms with Crippen molar-refractivity contribution >= 4 is 10.9 Å². The smallest absolute Gasteiger partial charge is 0.103 e. The van der Waals surface area contributed by atoms with Crippen LogP contribution in [0.2, 0.25) is 0 Å². The molecule has 0 aliphatic carbocycles. The van der Waals surface area contributed by atoms with E-state index in [1.54, 1.807) is 23.3 Å². The Balaban J connectivity index is 2.27. The Labute approximate surface area is 86.0 Å². The van der Waals surface area contributed by atoms with Crippen LogP contribution in [0, 0.1) is 0 Å². The number of fused-ring (bicyclic) bond motifs is 1. The van der Waals surface area contributed by atoms with Crippen LogP contribution in [0.1, 0.15) is 0 Å². The van der Waals surface area contributed by atoms with Crippen LogP contribution >= 0.6 is 0 Å². The molecule has 0 atom stereocenters. The molecule has 0 aliphatic rings. The number of rotatable bonds is 1. The number of hydrogen-bond donors (Lipinski definition) is 0. The SMILES string of the molecule is Cn1cc(-n2ncc3ccncc32)cn1. The van der Waals surface area contributed by atoms with Crippen LogP contribution in [-0.4, -0.2) is 24.5 Å². The summed E-state index contributed by atoms with van der Waals surface area (Å²) in [6, 6.07) is 1.94. The van der Waals surface area contributed by atoms with E-state index in [1.807, 2.05) is 30.2 Å². The van der Waals surface area contributed by atoms with Crippen molar-refractivity contribution < 1.29 is 0 Å². The van der Waals surface area contributed by atoms with Gasteiger partial charge in [0.05, 0.1) is 30.3 Å². The van der Waals surface area contributed by atoms with Gasteiger partial charge in [-0.25, -0.2) is 4.68 Å². The van der Waals surface area contributed by atoms with Crippen LogP contribution in [0.5, 0.6) is 0 Å². The lowest BCUT2D eigenvalue weighted by atomic mass is 10.3. The summed E-state index contributed by atoms with van der Waals surface area (Å²) in [5.41, 5.74) is 1.94. The molecule has 0 saturated heterocycles. The minimum Gasteiger partial charge on any atom is -0.274 e. The van der Waals surface area contributed by atoms with Crippen LogP contribution in [0.4, 0.5) is 0 Å². The normalized spacial score (nSPS) is 11.0. The maximum absolute atomic E-state index is 4.30. The molecule has 3 aromatic heterocycles. The van der Waals surface area contributed by atoms with Gasteiger partial charge in [0, 0.05) is 18.6 Å². The Bertz CT molecular complexity index is 607. The van der Waals surface area contributed by atoms with E-state index in [1.165, 1.54) is 0 Å². The zero-order chi connectivity index (χ0) is 10.3. The van der Waals surface area contributed by atoms with Crippen LogP contribution in [0.25, 0.3) is 16.6 Å².